The minimum atomic E-state index is -4.36. The molecule has 0 amide bonds. The van der Waals surface area contributed by atoms with Crippen LogP contribution in [0.5, 0.6) is 0 Å². The van der Waals surface area contributed by atoms with Crippen molar-refractivity contribution in [3.63, 3.8) is 0 Å². The number of benzene rings is 1. The van der Waals surface area contributed by atoms with Crippen LogP contribution in [0.15, 0.2) is 29.3 Å². The Kier molecular flexibility index (Phi) is 7.34. The average molecular weight is 432 g/mol. The second-order valence-electron chi connectivity index (χ2n) is 7.33. The third kappa shape index (κ3) is 5.58. The van der Waals surface area contributed by atoms with Crippen molar-refractivity contribution < 1.29 is 22.6 Å². The van der Waals surface area contributed by atoms with Crippen molar-refractivity contribution in [3.8, 4) is 0 Å². The molecule has 5 nitrogen and oxygen atoms in total. The number of alkyl halides is 3. The highest BCUT2D eigenvalue weighted by Gasteiger charge is 2.34. The van der Waals surface area contributed by atoms with Gasteiger partial charge < -0.3 is 19.7 Å². The van der Waals surface area contributed by atoms with E-state index >= 15 is 0 Å². The topological polar surface area (TPSA) is 46.1 Å². The molecule has 0 aromatic heterocycles. The Balaban J connectivity index is 1.66. The van der Waals surface area contributed by atoms with E-state index in [1.807, 2.05) is 11.8 Å². The molecular weight excluding hydrogens is 403 g/mol. The van der Waals surface area contributed by atoms with Gasteiger partial charge in [-0.15, -0.1) is 0 Å². The molecule has 2 fully saturated rings. The Hall–Kier alpha value is -1.45. The molecule has 29 heavy (non-hydrogen) atoms. The molecule has 1 aromatic carbocycles. The number of morpholine rings is 1. The first-order valence-electron chi connectivity index (χ1n) is 9.74. The molecule has 2 saturated heterocycles. The van der Waals surface area contributed by atoms with Gasteiger partial charge in [0.25, 0.3) is 0 Å². The van der Waals surface area contributed by atoms with E-state index in [-0.39, 0.29) is 4.75 Å². The maximum Gasteiger partial charge on any atom is 0.416 e. The first-order valence-corrected chi connectivity index (χ1v) is 11.0. The number of halogens is 3. The SMILES string of the molecule is CN=C(NCC1(SC)CCOCC1)N1CCOC(c2cccc(C(F)(F)F)c2)C1. The Morgan fingerprint density at radius 2 is 2.07 bits per heavy atom. The van der Waals surface area contributed by atoms with Crippen LogP contribution in [0.3, 0.4) is 0 Å². The lowest BCUT2D eigenvalue weighted by Gasteiger charge is -2.39. The van der Waals surface area contributed by atoms with Crippen LogP contribution in [0.25, 0.3) is 0 Å². The van der Waals surface area contributed by atoms with Gasteiger partial charge in [-0.1, -0.05) is 12.1 Å². The molecule has 1 aromatic rings. The largest absolute Gasteiger partial charge is 0.416 e. The highest BCUT2D eigenvalue weighted by Crippen LogP contribution is 2.34. The van der Waals surface area contributed by atoms with Crippen LogP contribution >= 0.6 is 11.8 Å². The Morgan fingerprint density at radius 3 is 2.72 bits per heavy atom. The molecule has 0 saturated carbocycles. The third-order valence-corrected chi connectivity index (χ3v) is 6.99. The van der Waals surface area contributed by atoms with Gasteiger partial charge in [0.1, 0.15) is 6.10 Å². The fourth-order valence-electron chi connectivity index (χ4n) is 3.73. The number of aliphatic imine (C=N–C) groups is 1. The Bertz CT molecular complexity index is 708. The van der Waals surface area contributed by atoms with E-state index in [9.17, 15) is 13.2 Å². The van der Waals surface area contributed by atoms with Gasteiger partial charge in [0.2, 0.25) is 0 Å². The van der Waals surface area contributed by atoms with E-state index < -0.39 is 17.8 Å². The van der Waals surface area contributed by atoms with Gasteiger partial charge >= 0.3 is 6.18 Å². The normalized spacial score (nSPS) is 23.1. The quantitative estimate of drug-likeness (QED) is 0.584. The summed E-state index contributed by atoms with van der Waals surface area (Å²) in [6, 6.07) is 5.38. The molecule has 162 valence electrons. The summed E-state index contributed by atoms with van der Waals surface area (Å²) in [6.45, 7) is 3.83. The second kappa shape index (κ2) is 9.57. The van der Waals surface area contributed by atoms with Crippen LogP contribution in [0.4, 0.5) is 13.2 Å². The first kappa shape index (κ1) is 22.2. The Morgan fingerprint density at radius 1 is 1.31 bits per heavy atom. The zero-order valence-corrected chi connectivity index (χ0v) is 17.6. The number of nitrogens with one attached hydrogen (secondary N) is 1. The van der Waals surface area contributed by atoms with Crippen LogP contribution in [0.1, 0.15) is 30.1 Å². The van der Waals surface area contributed by atoms with Crippen molar-refractivity contribution in [2.75, 3.05) is 52.8 Å². The molecule has 9 heteroatoms. The highest BCUT2D eigenvalue weighted by molar-refractivity contribution is 8.00. The van der Waals surface area contributed by atoms with Crippen LogP contribution in [0, 0.1) is 0 Å². The minimum Gasteiger partial charge on any atom is -0.381 e. The third-order valence-electron chi connectivity index (χ3n) is 5.57. The number of ether oxygens (including phenoxy) is 2. The summed E-state index contributed by atoms with van der Waals surface area (Å²) >= 11 is 1.85. The molecule has 0 bridgehead atoms. The fraction of sp³-hybridized carbons (Fsp3) is 0.650. The molecule has 0 radical (unpaired) electrons. The number of guanidine groups is 1. The minimum absolute atomic E-state index is 0.112. The van der Waals surface area contributed by atoms with E-state index in [4.69, 9.17) is 9.47 Å². The van der Waals surface area contributed by atoms with Gasteiger partial charge in [0.05, 0.1) is 18.7 Å². The van der Waals surface area contributed by atoms with Crippen LogP contribution in [-0.4, -0.2) is 68.4 Å². The van der Waals surface area contributed by atoms with E-state index in [1.165, 1.54) is 12.1 Å². The van der Waals surface area contributed by atoms with Crippen molar-refractivity contribution in [3.05, 3.63) is 35.4 Å². The first-order chi connectivity index (χ1) is 13.9. The summed E-state index contributed by atoms with van der Waals surface area (Å²) in [5, 5.41) is 3.47. The lowest BCUT2D eigenvalue weighted by molar-refractivity contribution is -0.137. The van der Waals surface area contributed by atoms with Crippen molar-refractivity contribution >= 4 is 17.7 Å². The lowest BCUT2D eigenvalue weighted by Crippen LogP contribution is -2.52. The van der Waals surface area contributed by atoms with Crippen LogP contribution < -0.4 is 5.32 Å². The molecular formula is C20H28F3N3O2S. The fourth-order valence-corrected chi connectivity index (χ4v) is 4.52. The van der Waals surface area contributed by atoms with E-state index in [2.05, 4.69) is 21.5 Å². The number of hydrogen-bond donors (Lipinski definition) is 1. The highest BCUT2D eigenvalue weighted by atomic mass is 32.2. The zero-order chi connectivity index (χ0) is 20.9. The summed E-state index contributed by atoms with van der Waals surface area (Å²) in [7, 11) is 1.73. The van der Waals surface area contributed by atoms with Gasteiger partial charge in [0, 0.05) is 38.1 Å². The van der Waals surface area contributed by atoms with E-state index in [0.717, 1.165) is 44.6 Å². The number of rotatable bonds is 4. The molecule has 1 unspecified atom stereocenters. The van der Waals surface area contributed by atoms with Crippen LogP contribution in [-0.2, 0) is 15.7 Å². The average Bonchev–Trinajstić information content (AvgIpc) is 2.74. The molecule has 1 N–H and O–H groups in total. The van der Waals surface area contributed by atoms with Crippen molar-refractivity contribution in [1.29, 1.82) is 0 Å². The van der Waals surface area contributed by atoms with Crippen molar-refractivity contribution in [2.45, 2.75) is 29.9 Å². The summed E-state index contributed by atoms with van der Waals surface area (Å²) in [5.74, 6) is 0.755. The maximum absolute atomic E-state index is 13.1. The summed E-state index contributed by atoms with van der Waals surface area (Å²) in [4.78, 5) is 6.46. The molecule has 2 aliphatic heterocycles. The van der Waals surface area contributed by atoms with Gasteiger partial charge in [0.15, 0.2) is 5.96 Å². The second-order valence-corrected chi connectivity index (χ2v) is 8.60. The number of hydrogen-bond acceptors (Lipinski definition) is 4. The molecule has 0 aliphatic carbocycles. The standard InChI is InChI=1S/C20H28F3N3O2S/c1-24-18(25-14-19(29-2)6-9-27-10-7-19)26-8-11-28-17(13-26)15-4-3-5-16(12-15)20(21,22)23/h3-5,12,17H,6-11,13-14H2,1-2H3,(H,24,25). The summed E-state index contributed by atoms with van der Waals surface area (Å²) < 4.78 is 50.5. The van der Waals surface area contributed by atoms with Gasteiger partial charge in [-0.2, -0.15) is 24.9 Å². The summed E-state index contributed by atoms with van der Waals surface area (Å²) in [6.07, 6.45) is -0.712. The van der Waals surface area contributed by atoms with Crippen LogP contribution in [0.2, 0.25) is 0 Å². The number of nitrogens with zero attached hydrogens (tertiary/aromatic N) is 2. The predicted molar refractivity (Wildman–Crippen MR) is 109 cm³/mol. The van der Waals surface area contributed by atoms with Gasteiger partial charge in [-0.25, -0.2) is 0 Å². The number of thioether (sulfide) groups is 1. The van der Waals surface area contributed by atoms with Crippen molar-refractivity contribution in [2.24, 2.45) is 4.99 Å². The maximum atomic E-state index is 13.1. The molecule has 2 heterocycles. The smallest absolute Gasteiger partial charge is 0.381 e. The lowest BCUT2D eigenvalue weighted by atomic mass is 9.99. The monoisotopic (exact) mass is 431 g/mol. The zero-order valence-electron chi connectivity index (χ0n) is 16.8. The van der Waals surface area contributed by atoms with Gasteiger partial charge in [-0.3, -0.25) is 4.99 Å². The molecule has 1 atom stereocenters. The molecule has 0 spiro atoms. The predicted octanol–water partition coefficient (Wildman–Crippen LogP) is 3.57. The Labute approximate surface area is 174 Å². The van der Waals surface area contributed by atoms with E-state index in [0.29, 0.717) is 25.3 Å². The van der Waals surface area contributed by atoms with Gasteiger partial charge in [-0.05, 0) is 36.8 Å². The molecule has 2 aliphatic rings. The molecule has 3 rings (SSSR count). The summed E-state index contributed by atoms with van der Waals surface area (Å²) in [5.41, 5.74) is -0.121. The van der Waals surface area contributed by atoms with E-state index in [1.54, 1.807) is 13.1 Å². The van der Waals surface area contributed by atoms with Crippen molar-refractivity contribution in [1.82, 2.24) is 10.2 Å².